The molecule has 0 unspecified atom stereocenters. The van der Waals surface area contributed by atoms with Gasteiger partial charge in [0.25, 0.3) is 5.91 Å². The summed E-state index contributed by atoms with van der Waals surface area (Å²) in [7, 11) is 0. The van der Waals surface area contributed by atoms with Gasteiger partial charge in [0.15, 0.2) is 0 Å². The average Bonchev–Trinajstić information content (AvgIpc) is 2.55. The summed E-state index contributed by atoms with van der Waals surface area (Å²) in [5.41, 5.74) is 7.88. The van der Waals surface area contributed by atoms with Crippen LogP contribution in [0, 0.1) is 0 Å². The van der Waals surface area contributed by atoms with Crippen LogP contribution in [0.4, 0.5) is 11.4 Å². The molecule has 0 saturated heterocycles. The van der Waals surface area contributed by atoms with Gasteiger partial charge in [-0.25, -0.2) is 0 Å². The van der Waals surface area contributed by atoms with E-state index in [0.717, 1.165) is 5.56 Å². The molecule has 2 aromatic carbocycles. The summed E-state index contributed by atoms with van der Waals surface area (Å²) in [4.78, 5) is 35.6. The maximum atomic E-state index is 11.9. The number of nitrogens with one attached hydrogen (secondary N) is 2. The molecule has 0 fully saturated rings. The highest BCUT2D eigenvalue weighted by Crippen LogP contribution is 2.17. The van der Waals surface area contributed by atoms with Crippen LogP contribution in [0.5, 0.6) is 0 Å². The molecule has 0 heterocycles. The van der Waals surface area contributed by atoms with Gasteiger partial charge in [-0.2, -0.15) is 0 Å². The summed E-state index contributed by atoms with van der Waals surface area (Å²) < 4.78 is 0. The largest absolute Gasteiger partial charge is 0.399 e. The zero-order valence-corrected chi connectivity index (χ0v) is 13.5. The van der Waals surface area contributed by atoms with Crippen LogP contribution in [0.15, 0.2) is 48.5 Å². The first kappa shape index (κ1) is 17.2. The predicted octanol–water partition coefficient (Wildman–Crippen LogP) is 2.29. The normalized spacial score (nSPS) is 10.3. The Morgan fingerprint density at radius 3 is 2.00 bits per heavy atom. The molecule has 0 aliphatic rings. The lowest BCUT2D eigenvalue weighted by Crippen LogP contribution is -2.39. The van der Waals surface area contributed by atoms with Crippen LogP contribution in [-0.2, 0) is 9.59 Å². The number of nitrogen functional groups attached to an aromatic ring is 1. The van der Waals surface area contributed by atoms with Crippen molar-refractivity contribution in [3.8, 4) is 0 Å². The first-order chi connectivity index (χ1) is 11.4. The number of anilines is 2. The van der Waals surface area contributed by atoms with E-state index in [0.29, 0.717) is 17.3 Å². The summed E-state index contributed by atoms with van der Waals surface area (Å²) in [6.07, 6.45) is 0. The minimum absolute atomic E-state index is 0.242. The van der Waals surface area contributed by atoms with Crippen molar-refractivity contribution in [1.82, 2.24) is 5.32 Å². The number of benzene rings is 2. The first-order valence-electron chi connectivity index (χ1n) is 7.49. The van der Waals surface area contributed by atoms with Gasteiger partial charge < -0.3 is 11.1 Å². The molecular weight excluding hydrogens is 306 g/mol. The van der Waals surface area contributed by atoms with Crippen molar-refractivity contribution in [1.29, 1.82) is 0 Å². The molecule has 0 aliphatic carbocycles. The number of rotatable bonds is 3. The van der Waals surface area contributed by atoms with E-state index < -0.39 is 17.7 Å². The molecule has 0 bridgehead atoms. The van der Waals surface area contributed by atoms with Crippen molar-refractivity contribution in [2.24, 2.45) is 0 Å². The lowest BCUT2D eigenvalue weighted by Gasteiger charge is -2.08. The van der Waals surface area contributed by atoms with Crippen molar-refractivity contribution in [3.63, 3.8) is 0 Å². The Morgan fingerprint density at radius 1 is 0.875 bits per heavy atom. The topological polar surface area (TPSA) is 101 Å². The van der Waals surface area contributed by atoms with E-state index in [2.05, 4.69) is 19.2 Å². The van der Waals surface area contributed by atoms with Gasteiger partial charge in [0.1, 0.15) is 0 Å². The van der Waals surface area contributed by atoms with Crippen LogP contribution in [0.2, 0.25) is 0 Å². The SMILES string of the molecule is CC(C)c1ccc(NC(=O)C(=O)NC(=O)c2ccc(N)cc2)cc1. The molecule has 0 spiro atoms. The molecule has 0 radical (unpaired) electrons. The van der Waals surface area contributed by atoms with E-state index in [4.69, 9.17) is 5.73 Å². The molecule has 3 amide bonds. The Hall–Kier alpha value is -3.15. The highest BCUT2D eigenvalue weighted by molar-refractivity contribution is 6.42. The number of amides is 3. The second-order valence-corrected chi connectivity index (χ2v) is 5.64. The van der Waals surface area contributed by atoms with Crippen LogP contribution >= 0.6 is 0 Å². The summed E-state index contributed by atoms with van der Waals surface area (Å²) in [6.45, 7) is 4.12. The van der Waals surface area contributed by atoms with Gasteiger partial charge >= 0.3 is 11.8 Å². The molecule has 2 aromatic rings. The highest BCUT2D eigenvalue weighted by atomic mass is 16.2. The van der Waals surface area contributed by atoms with E-state index in [9.17, 15) is 14.4 Å². The first-order valence-corrected chi connectivity index (χ1v) is 7.49. The second kappa shape index (κ2) is 7.41. The number of hydrogen-bond donors (Lipinski definition) is 3. The third-order valence-corrected chi connectivity index (χ3v) is 3.44. The second-order valence-electron chi connectivity index (χ2n) is 5.64. The minimum Gasteiger partial charge on any atom is -0.399 e. The fourth-order valence-electron chi connectivity index (χ4n) is 2.01. The van der Waals surface area contributed by atoms with Crippen molar-refractivity contribution in [2.45, 2.75) is 19.8 Å². The van der Waals surface area contributed by atoms with E-state index in [1.165, 1.54) is 24.3 Å². The highest BCUT2D eigenvalue weighted by Gasteiger charge is 2.18. The lowest BCUT2D eigenvalue weighted by molar-refractivity contribution is -0.135. The number of imide groups is 1. The zero-order valence-electron chi connectivity index (χ0n) is 13.5. The molecule has 24 heavy (non-hydrogen) atoms. The number of nitrogens with two attached hydrogens (primary N) is 1. The third-order valence-electron chi connectivity index (χ3n) is 3.44. The molecule has 2 rings (SSSR count). The smallest absolute Gasteiger partial charge is 0.316 e. The number of carbonyl (C=O) groups is 3. The van der Waals surface area contributed by atoms with Crippen molar-refractivity contribution in [2.75, 3.05) is 11.1 Å². The molecule has 0 saturated carbocycles. The van der Waals surface area contributed by atoms with Crippen molar-refractivity contribution >= 4 is 29.1 Å². The van der Waals surface area contributed by atoms with Gasteiger partial charge in [0.2, 0.25) is 0 Å². The van der Waals surface area contributed by atoms with Gasteiger partial charge in [-0.1, -0.05) is 26.0 Å². The van der Waals surface area contributed by atoms with Crippen LogP contribution in [-0.4, -0.2) is 17.7 Å². The van der Waals surface area contributed by atoms with Crippen molar-refractivity contribution in [3.05, 3.63) is 59.7 Å². The number of carbonyl (C=O) groups excluding carboxylic acids is 3. The fraction of sp³-hybridized carbons (Fsp3) is 0.167. The summed E-state index contributed by atoms with van der Waals surface area (Å²) in [5.74, 6) is -2.22. The molecule has 6 nitrogen and oxygen atoms in total. The Balaban J connectivity index is 1.95. The van der Waals surface area contributed by atoms with E-state index in [-0.39, 0.29) is 5.56 Å². The Morgan fingerprint density at radius 2 is 1.46 bits per heavy atom. The molecule has 6 heteroatoms. The summed E-state index contributed by atoms with van der Waals surface area (Å²) >= 11 is 0. The van der Waals surface area contributed by atoms with Gasteiger partial charge in [-0.05, 0) is 47.9 Å². The van der Waals surface area contributed by atoms with Gasteiger partial charge in [0.05, 0.1) is 0 Å². The van der Waals surface area contributed by atoms with Gasteiger partial charge in [-0.15, -0.1) is 0 Å². The maximum Gasteiger partial charge on any atom is 0.316 e. The zero-order chi connectivity index (χ0) is 17.7. The molecule has 124 valence electrons. The fourth-order valence-corrected chi connectivity index (χ4v) is 2.01. The number of hydrogen-bond acceptors (Lipinski definition) is 4. The average molecular weight is 325 g/mol. The van der Waals surface area contributed by atoms with Crippen LogP contribution in [0.25, 0.3) is 0 Å². The third kappa shape index (κ3) is 4.42. The monoisotopic (exact) mass is 325 g/mol. The Kier molecular flexibility index (Phi) is 5.31. The predicted molar refractivity (Wildman–Crippen MR) is 92.5 cm³/mol. The Labute approximate surface area is 140 Å². The minimum atomic E-state index is -1.02. The van der Waals surface area contributed by atoms with E-state index in [1.54, 1.807) is 12.1 Å². The van der Waals surface area contributed by atoms with Crippen LogP contribution in [0.3, 0.4) is 0 Å². The van der Waals surface area contributed by atoms with Crippen molar-refractivity contribution < 1.29 is 14.4 Å². The quantitative estimate of drug-likeness (QED) is 0.595. The molecule has 0 aromatic heterocycles. The maximum absolute atomic E-state index is 11.9. The van der Waals surface area contributed by atoms with Gasteiger partial charge in [0, 0.05) is 16.9 Å². The lowest BCUT2D eigenvalue weighted by atomic mass is 10.0. The molecule has 4 N–H and O–H groups in total. The van der Waals surface area contributed by atoms with Crippen LogP contribution in [0.1, 0.15) is 35.7 Å². The standard InChI is InChI=1S/C18H19N3O3/c1-11(2)12-5-9-15(10-6-12)20-17(23)18(24)21-16(22)13-3-7-14(19)8-4-13/h3-11H,19H2,1-2H3,(H,20,23)(H,21,22,24). The van der Waals surface area contributed by atoms with E-state index in [1.807, 2.05) is 17.4 Å². The molecule has 0 atom stereocenters. The van der Waals surface area contributed by atoms with Gasteiger partial charge in [-0.3, -0.25) is 19.7 Å². The molecular formula is C18H19N3O3. The summed E-state index contributed by atoms with van der Waals surface area (Å²) in [5, 5.41) is 4.49. The molecule has 0 aliphatic heterocycles. The summed E-state index contributed by atoms with van der Waals surface area (Å²) in [6, 6.07) is 13.2. The van der Waals surface area contributed by atoms with E-state index >= 15 is 0 Å². The van der Waals surface area contributed by atoms with Crippen LogP contribution < -0.4 is 16.4 Å². The Bertz CT molecular complexity index is 750.